The third-order valence-corrected chi connectivity index (χ3v) is 3.66. The van der Waals surface area contributed by atoms with Crippen molar-refractivity contribution in [3.8, 4) is 11.5 Å². The van der Waals surface area contributed by atoms with Crippen LogP contribution in [0.25, 0.3) is 0 Å². The molecule has 2 N–H and O–H groups in total. The summed E-state index contributed by atoms with van der Waals surface area (Å²) in [6.45, 7) is 3.17. The van der Waals surface area contributed by atoms with E-state index in [0.29, 0.717) is 29.0 Å². The molecule has 0 heterocycles. The number of hydrogen-bond donors (Lipinski definition) is 2. The average Bonchev–Trinajstić information content (AvgIpc) is 2.54. The number of halogens is 1. The standard InChI is InChI=1S/C17H19ClN2O2S/c1-3-22-15-7-5-4-6-12(15)11-19-17(23)20-13-8-9-16(21-2)14(18)10-13/h4-10H,3,11H2,1-2H3,(H2,19,20,23). The van der Waals surface area contributed by atoms with Crippen molar-refractivity contribution in [1.82, 2.24) is 5.32 Å². The molecular weight excluding hydrogens is 332 g/mol. The van der Waals surface area contributed by atoms with Crippen molar-refractivity contribution in [3.05, 3.63) is 53.1 Å². The number of anilines is 1. The Hall–Kier alpha value is -1.98. The van der Waals surface area contributed by atoms with Crippen LogP contribution in [0.4, 0.5) is 5.69 Å². The van der Waals surface area contributed by atoms with Crippen LogP contribution in [0.2, 0.25) is 5.02 Å². The fraction of sp³-hybridized carbons (Fsp3) is 0.235. The van der Waals surface area contributed by atoms with Crippen molar-refractivity contribution in [2.45, 2.75) is 13.5 Å². The summed E-state index contributed by atoms with van der Waals surface area (Å²) in [6.07, 6.45) is 0. The van der Waals surface area contributed by atoms with Gasteiger partial charge in [0.15, 0.2) is 5.11 Å². The maximum absolute atomic E-state index is 6.10. The number of para-hydroxylation sites is 1. The van der Waals surface area contributed by atoms with Gasteiger partial charge in [-0.05, 0) is 43.4 Å². The SMILES string of the molecule is CCOc1ccccc1CNC(=S)Nc1ccc(OC)c(Cl)c1. The van der Waals surface area contributed by atoms with Crippen LogP contribution in [0.15, 0.2) is 42.5 Å². The minimum atomic E-state index is 0.512. The summed E-state index contributed by atoms with van der Waals surface area (Å²) in [5, 5.41) is 7.30. The second-order valence-corrected chi connectivity index (χ2v) is 5.51. The van der Waals surface area contributed by atoms with Gasteiger partial charge >= 0.3 is 0 Å². The van der Waals surface area contributed by atoms with Gasteiger partial charge < -0.3 is 20.1 Å². The quantitative estimate of drug-likeness (QED) is 0.763. The van der Waals surface area contributed by atoms with E-state index in [9.17, 15) is 0 Å². The van der Waals surface area contributed by atoms with Gasteiger partial charge in [0, 0.05) is 17.8 Å². The highest BCUT2D eigenvalue weighted by atomic mass is 35.5. The van der Waals surface area contributed by atoms with Gasteiger partial charge in [-0.3, -0.25) is 0 Å². The van der Waals surface area contributed by atoms with Crippen molar-refractivity contribution in [1.29, 1.82) is 0 Å². The molecule has 2 aromatic carbocycles. The van der Waals surface area contributed by atoms with E-state index < -0.39 is 0 Å². The van der Waals surface area contributed by atoms with E-state index in [4.69, 9.17) is 33.3 Å². The number of benzene rings is 2. The Bertz CT molecular complexity index is 679. The molecule has 0 saturated carbocycles. The number of ether oxygens (including phenoxy) is 2. The van der Waals surface area contributed by atoms with Gasteiger partial charge in [-0.15, -0.1) is 0 Å². The lowest BCUT2D eigenvalue weighted by atomic mass is 10.2. The topological polar surface area (TPSA) is 42.5 Å². The molecule has 0 unspecified atom stereocenters. The van der Waals surface area contributed by atoms with E-state index in [0.717, 1.165) is 17.0 Å². The van der Waals surface area contributed by atoms with Gasteiger partial charge in [0.2, 0.25) is 0 Å². The number of thiocarbonyl (C=S) groups is 1. The fourth-order valence-electron chi connectivity index (χ4n) is 2.04. The maximum atomic E-state index is 6.10. The largest absolute Gasteiger partial charge is 0.495 e. The summed E-state index contributed by atoms with van der Waals surface area (Å²) in [5.74, 6) is 1.49. The summed E-state index contributed by atoms with van der Waals surface area (Å²) in [4.78, 5) is 0. The van der Waals surface area contributed by atoms with Gasteiger partial charge in [0.25, 0.3) is 0 Å². The third-order valence-electron chi connectivity index (χ3n) is 3.12. The molecule has 2 aromatic rings. The predicted octanol–water partition coefficient (Wildman–Crippen LogP) is 4.23. The molecule has 122 valence electrons. The van der Waals surface area contributed by atoms with Crippen LogP contribution in [-0.4, -0.2) is 18.8 Å². The first-order chi connectivity index (χ1) is 11.1. The summed E-state index contributed by atoms with van der Waals surface area (Å²) in [7, 11) is 1.58. The maximum Gasteiger partial charge on any atom is 0.171 e. The van der Waals surface area contributed by atoms with Crippen molar-refractivity contribution in [2.75, 3.05) is 19.0 Å². The van der Waals surface area contributed by atoms with Gasteiger partial charge in [0.1, 0.15) is 11.5 Å². The molecule has 4 nitrogen and oxygen atoms in total. The Kier molecular flexibility index (Phi) is 6.50. The van der Waals surface area contributed by atoms with Crippen LogP contribution in [0.1, 0.15) is 12.5 Å². The van der Waals surface area contributed by atoms with Crippen LogP contribution >= 0.6 is 23.8 Å². The Morgan fingerprint density at radius 1 is 1.17 bits per heavy atom. The van der Waals surface area contributed by atoms with Crippen molar-refractivity contribution in [3.63, 3.8) is 0 Å². The van der Waals surface area contributed by atoms with Gasteiger partial charge in [0.05, 0.1) is 18.7 Å². The molecule has 0 spiro atoms. The second kappa shape index (κ2) is 8.60. The highest BCUT2D eigenvalue weighted by Crippen LogP contribution is 2.27. The van der Waals surface area contributed by atoms with Crippen molar-refractivity contribution < 1.29 is 9.47 Å². The number of hydrogen-bond acceptors (Lipinski definition) is 3. The highest BCUT2D eigenvalue weighted by Gasteiger charge is 2.05. The molecule has 0 fully saturated rings. The van der Waals surface area contributed by atoms with E-state index >= 15 is 0 Å². The van der Waals surface area contributed by atoms with E-state index in [-0.39, 0.29) is 0 Å². The molecule has 0 aliphatic rings. The molecule has 2 rings (SSSR count). The Morgan fingerprint density at radius 3 is 2.65 bits per heavy atom. The van der Waals surface area contributed by atoms with E-state index in [1.807, 2.05) is 37.3 Å². The molecule has 0 atom stereocenters. The predicted molar refractivity (Wildman–Crippen MR) is 98.7 cm³/mol. The zero-order valence-corrected chi connectivity index (χ0v) is 14.6. The van der Waals surface area contributed by atoms with Crippen LogP contribution in [0.3, 0.4) is 0 Å². The molecule has 0 aromatic heterocycles. The van der Waals surface area contributed by atoms with Gasteiger partial charge in [-0.1, -0.05) is 29.8 Å². The summed E-state index contributed by atoms with van der Waals surface area (Å²) < 4.78 is 10.7. The van der Waals surface area contributed by atoms with Crippen molar-refractivity contribution in [2.24, 2.45) is 0 Å². The lowest BCUT2D eigenvalue weighted by Gasteiger charge is -2.14. The summed E-state index contributed by atoms with van der Waals surface area (Å²) in [6, 6.07) is 13.3. The normalized spacial score (nSPS) is 10.0. The third kappa shape index (κ3) is 5.01. The number of rotatable bonds is 6. The molecule has 0 bridgehead atoms. The molecule has 0 aliphatic carbocycles. The molecule has 0 radical (unpaired) electrons. The lowest BCUT2D eigenvalue weighted by Crippen LogP contribution is -2.28. The molecule has 6 heteroatoms. The first-order valence-corrected chi connectivity index (χ1v) is 8.01. The highest BCUT2D eigenvalue weighted by molar-refractivity contribution is 7.80. The number of nitrogens with one attached hydrogen (secondary N) is 2. The fourth-order valence-corrected chi connectivity index (χ4v) is 2.49. The van der Waals surface area contributed by atoms with Crippen LogP contribution in [0, 0.1) is 0 Å². The first-order valence-electron chi connectivity index (χ1n) is 7.23. The van der Waals surface area contributed by atoms with Crippen molar-refractivity contribution >= 4 is 34.6 Å². The molecule has 0 saturated heterocycles. The monoisotopic (exact) mass is 350 g/mol. The molecule has 23 heavy (non-hydrogen) atoms. The number of methoxy groups -OCH3 is 1. The zero-order valence-electron chi connectivity index (χ0n) is 13.1. The average molecular weight is 351 g/mol. The van der Waals surface area contributed by atoms with E-state index in [2.05, 4.69) is 10.6 Å². The van der Waals surface area contributed by atoms with Gasteiger partial charge in [-0.25, -0.2) is 0 Å². The Labute approximate surface area is 146 Å². The molecule has 0 aliphatic heterocycles. The molecule has 0 amide bonds. The second-order valence-electron chi connectivity index (χ2n) is 4.70. The molecular formula is C17H19ClN2O2S. The van der Waals surface area contributed by atoms with Crippen LogP contribution < -0.4 is 20.1 Å². The van der Waals surface area contributed by atoms with E-state index in [1.165, 1.54) is 0 Å². The summed E-state index contributed by atoms with van der Waals surface area (Å²) in [5.41, 5.74) is 1.85. The van der Waals surface area contributed by atoms with Gasteiger partial charge in [-0.2, -0.15) is 0 Å². The van der Waals surface area contributed by atoms with Crippen LogP contribution in [-0.2, 0) is 6.54 Å². The minimum absolute atomic E-state index is 0.512. The minimum Gasteiger partial charge on any atom is -0.495 e. The lowest BCUT2D eigenvalue weighted by molar-refractivity contribution is 0.336. The summed E-state index contributed by atoms with van der Waals surface area (Å²) >= 11 is 11.4. The smallest absolute Gasteiger partial charge is 0.171 e. The zero-order chi connectivity index (χ0) is 16.7. The Balaban J connectivity index is 1.94. The Morgan fingerprint density at radius 2 is 1.96 bits per heavy atom. The van der Waals surface area contributed by atoms with Crippen LogP contribution in [0.5, 0.6) is 11.5 Å². The van der Waals surface area contributed by atoms with E-state index in [1.54, 1.807) is 19.2 Å². The first kappa shape index (κ1) is 17.4.